The van der Waals surface area contributed by atoms with Gasteiger partial charge in [-0.25, -0.2) is 9.67 Å². The summed E-state index contributed by atoms with van der Waals surface area (Å²) in [5.41, 5.74) is 5.04. The van der Waals surface area contributed by atoms with Crippen LogP contribution in [0.4, 0.5) is 0 Å². The number of aromatic nitrogens is 3. The summed E-state index contributed by atoms with van der Waals surface area (Å²) in [6.45, 7) is 0.529. The fraction of sp³-hybridized carbons (Fsp3) is 0.0435. The van der Waals surface area contributed by atoms with Crippen molar-refractivity contribution in [3.63, 3.8) is 0 Å². The van der Waals surface area contributed by atoms with Gasteiger partial charge in [0.15, 0.2) is 0 Å². The van der Waals surface area contributed by atoms with Gasteiger partial charge in [0.25, 0.3) is 0 Å². The summed E-state index contributed by atoms with van der Waals surface area (Å²) in [6, 6.07) is 24.4. The molecule has 0 aliphatic carbocycles. The average Bonchev–Trinajstić information content (AvgIpc) is 3.24. The highest BCUT2D eigenvalue weighted by Crippen LogP contribution is 2.34. The molecule has 0 atom stereocenters. The van der Waals surface area contributed by atoms with Gasteiger partial charge >= 0.3 is 0 Å². The van der Waals surface area contributed by atoms with E-state index in [1.54, 1.807) is 35.3 Å². The maximum Gasteiger partial charge on any atom is 0.137 e. The van der Waals surface area contributed by atoms with Crippen LogP contribution in [0.15, 0.2) is 91.5 Å². The third kappa shape index (κ3) is 3.78. The lowest BCUT2D eigenvalue weighted by atomic mass is 9.89. The highest BCUT2D eigenvalue weighted by molar-refractivity contribution is 5.98. The fourth-order valence-electron chi connectivity index (χ4n) is 3.20. The number of hydrogen-bond donors (Lipinski definition) is 2. The van der Waals surface area contributed by atoms with Gasteiger partial charge < -0.3 is 10.2 Å². The van der Waals surface area contributed by atoms with Gasteiger partial charge in [-0.15, -0.1) is 0 Å². The Bertz CT molecular complexity index is 1020. The van der Waals surface area contributed by atoms with Crippen LogP contribution in [0.1, 0.15) is 16.7 Å². The molecule has 4 aromatic rings. The minimum absolute atomic E-state index is 0.214. The van der Waals surface area contributed by atoms with Crippen molar-refractivity contribution in [3.8, 4) is 11.5 Å². The molecular weight excluding hydrogens is 350 g/mol. The van der Waals surface area contributed by atoms with Crippen molar-refractivity contribution in [3.05, 3.63) is 108 Å². The maximum absolute atomic E-state index is 9.74. The molecule has 138 valence electrons. The number of benzene rings is 3. The molecule has 0 unspecified atom stereocenters. The Hall–Kier alpha value is -3.86. The summed E-state index contributed by atoms with van der Waals surface area (Å²) in [6.07, 6.45) is 3.21. The van der Waals surface area contributed by atoms with Gasteiger partial charge in [0.1, 0.15) is 24.2 Å². The molecule has 5 nitrogen and oxygen atoms in total. The average molecular weight is 369 g/mol. The Labute approximate surface area is 162 Å². The van der Waals surface area contributed by atoms with Crippen molar-refractivity contribution in [1.82, 2.24) is 14.8 Å². The van der Waals surface area contributed by atoms with Crippen LogP contribution in [-0.2, 0) is 6.54 Å². The lowest BCUT2D eigenvalue weighted by molar-refractivity contribution is 0.475. The van der Waals surface area contributed by atoms with Crippen LogP contribution >= 0.6 is 0 Å². The smallest absolute Gasteiger partial charge is 0.137 e. The predicted molar refractivity (Wildman–Crippen MR) is 109 cm³/mol. The zero-order chi connectivity index (χ0) is 19.3. The molecule has 0 saturated carbocycles. The first-order chi connectivity index (χ1) is 13.7. The Kier molecular flexibility index (Phi) is 4.89. The highest BCUT2D eigenvalue weighted by atomic mass is 16.3. The van der Waals surface area contributed by atoms with Crippen molar-refractivity contribution < 1.29 is 10.2 Å². The second-order valence-corrected chi connectivity index (χ2v) is 6.41. The van der Waals surface area contributed by atoms with Crippen molar-refractivity contribution in [2.24, 2.45) is 0 Å². The number of phenols is 2. The Morgan fingerprint density at radius 3 is 1.79 bits per heavy atom. The first kappa shape index (κ1) is 17.5. The van der Waals surface area contributed by atoms with Crippen LogP contribution < -0.4 is 0 Å². The molecule has 1 heterocycles. The van der Waals surface area contributed by atoms with E-state index in [1.807, 2.05) is 42.5 Å². The van der Waals surface area contributed by atoms with Gasteiger partial charge in [-0.1, -0.05) is 54.6 Å². The first-order valence-corrected chi connectivity index (χ1v) is 8.90. The lowest BCUT2D eigenvalue weighted by Crippen LogP contribution is -2.05. The molecule has 5 heteroatoms. The minimum Gasteiger partial charge on any atom is -0.508 e. The van der Waals surface area contributed by atoms with E-state index in [0.29, 0.717) is 6.54 Å². The van der Waals surface area contributed by atoms with Crippen LogP contribution in [0, 0.1) is 0 Å². The third-order valence-electron chi connectivity index (χ3n) is 4.52. The molecule has 28 heavy (non-hydrogen) atoms. The number of allylic oxidation sites excluding steroid dienone is 1. The summed E-state index contributed by atoms with van der Waals surface area (Å²) >= 11 is 0. The van der Waals surface area contributed by atoms with E-state index in [0.717, 1.165) is 27.8 Å². The van der Waals surface area contributed by atoms with E-state index in [1.165, 1.54) is 6.33 Å². The standard InChI is InChI=1S/C23H19N3O2/c27-20-10-6-18(7-11-20)23(19-8-12-21(28)13-9-19)22(14-26-16-24-15-25-26)17-4-2-1-3-5-17/h1-13,15-16,27-28H,14H2. The zero-order valence-corrected chi connectivity index (χ0v) is 15.1. The molecule has 1 aromatic heterocycles. The Morgan fingerprint density at radius 1 is 0.714 bits per heavy atom. The molecule has 0 amide bonds. The van der Waals surface area contributed by atoms with Crippen molar-refractivity contribution >= 4 is 11.1 Å². The summed E-state index contributed by atoms with van der Waals surface area (Å²) in [7, 11) is 0. The maximum atomic E-state index is 9.74. The normalized spacial score (nSPS) is 10.6. The van der Waals surface area contributed by atoms with E-state index in [-0.39, 0.29) is 11.5 Å². The van der Waals surface area contributed by atoms with Crippen LogP contribution in [0.2, 0.25) is 0 Å². The first-order valence-electron chi connectivity index (χ1n) is 8.90. The second kappa shape index (κ2) is 7.80. The number of aromatic hydroxyl groups is 2. The van der Waals surface area contributed by atoms with Crippen LogP contribution in [0.5, 0.6) is 11.5 Å². The van der Waals surface area contributed by atoms with Gasteiger partial charge in [-0.05, 0) is 52.1 Å². The van der Waals surface area contributed by atoms with E-state index in [9.17, 15) is 10.2 Å². The van der Waals surface area contributed by atoms with Crippen molar-refractivity contribution in [2.75, 3.05) is 0 Å². The molecule has 2 N–H and O–H groups in total. The topological polar surface area (TPSA) is 71.2 Å². The molecule has 0 aliphatic heterocycles. The second-order valence-electron chi connectivity index (χ2n) is 6.41. The molecule has 0 bridgehead atoms. The zero-order valence-electron chi connectivity index (χ0n) is 15.1. The monoisotopic (exact) mass is 369 g/mol. The number of nitrogens with zero attached hydrogens (tertiary/aromatic N) is 3. The molecule has 0 fully saturated rings. The van der Waals surface area contributed by atoms with Gasteiger partial charge in [-0.3, -0.25) is 0 Å². The molecule has 0 aliphatic rings. The van der Waals surface area contributed by atoms with E-state index < -0.39 is 0 Å². The van der Waals surface area contributed by atoms with Crippen LogP contribution in [0.3, 0.4) is 0 Å². The van der Waals surface area contributed by atoms with Crippen LogP contribution in [0.25, 0.3) is 11.1 Å². The largest absolute Gasteiger partial charge is 0.508 e. The molecule has 3 aromatic carbocycles. The van der Waals surface area contributed by atoms with Crippen LogP contribution in [-0.4, -0.2) is 25.0 Å². The fourth-order valence-corrected chi connectivity index (χ4v) is 3.20. The van der Waals surface area contributed by atoms with E-state index in [2.05, 4.69) is 22.2 Å². The third-order valence-corrected chi connectivity index (χ3v) is 4.52. The summed E-state index contributed by atoms with van der Waals surface area (Å²) in [5, 5.41) is 23.7. The van der Waals surface area contributed by atoms with Crippen molar-refractivity contribution in [1.29, 1.82) is 0 Å². The number of rotatable bonds is 5. The molecule has 0 spiro atoms. The number of hydrogen-bond acceptors (Lipinski definition) is 4. The molecule has 4 rings (SSSR count). The Morgan fingerprint density at radius 2 is 1.29 bits per heavy atom. The summed E-state index contributed by atoms with van der Waals surface area (Å²) < 4.78 is 1.78. The van der Waals surface area contributed by atoms with E-state index >= 15 is 0 Å². The lowest BCUT2D eigenvalue weighted by Gasteiger charge is -2.17. The van der Waals surface area contributed by atoms with Gasteiger partial charge in [-0.2, -0.15) is 5.10 Å². The predicted octanol–water partition coefficient (Wildman–Crippen LogP) is 4.35. The highest BCUT2D eigenvalue weighted by Gasteiger charge is 2.15. The quantitative estimate of drug-likeness (QED) is 0.513. The molecular formula is C23H19N3O2. The van der Waals surface area contributed by atoms with Crippen molar-refractivity contribution in [2.45, 2.75) is 6.54 Å². The molecule has 0 saturated heterocycles. The summed E-state index contributed by atoms with van der Waals surface area (Å²) in [5.74, 6) is 0.428. The molecule has 0 radical (unpaired) electrons. The number of phenolic OH excluding ortho intramolecular Hbond substituents is 2. The summed E-state index contributed by atoms with van der Waals surface area (Å²) in [4.78, 5) is 4.06. The SMILES string of the molecule is Oc1ccc(C(=C(Cn2cncn2)c2ccccc2)c2ccc(O)cc2)cc1. The van der Waals surface area contributed by atoms with E-state index in [4.69, 9.17) is 0 Å². The van der Waals surface area contributed by atoms with Gasteiger partial charge in [0.05, 0.1) is 6.54 Å². The van der Waals surface area contributed by atoms with Gasteiger partial charge in [0.2, 0.25) is 0 Å². The minimum atomic E-state index is 0.214. The Balaban J connectivity index is 1.98. The van der Waals surface area contributed by atoms with Gasteiger partial charge in [0, 0.05) is 0 Å².